The zero-order valence-electron chi connectivity index (χ0n) is 18.3. The molecule has 1 aromatic carbocycles. The average Bonchev–Trinajstić information content (AvgIpc) is 3.43. The van der Waals surface area contributed by atoms with Gasteiger partial charge in [0.2, 0.25) is 0 Å². The number of anilines is 1. The number of rotatable bonds is 3. The summed E-state index contributed by atoms with van der Waals surface area (Å²) in [7, 11) is 2.10. The molecule has 0 amide bonds. The van der Waals surface area contributed by atoms with Gasteiger partial charge in [-0.15, -0.1) is 12.4 Å². The van der Waals surface area contributed by atoms with Crippen LogP contribution in [0.15, 0.2) is 24.4 Å². The van der Waals surface area contributed by atoms with Crippen molar-refractivity contribution in [3.8, 4) is 11.3 Å². The zero-order chi connectivity index (χ0) is 21.3. The van der Waals surface area contributed by atoms with Gasteiger partial charge < -0.3 is 10.2 Å². The van der Waals surface area contributed by atoms with Crippen LogP contribution in [0, 0.1) is 19.7 Å². The maximum absolute atomic E-state index is 15.1. The Bertz CT molecular complexity index is 1310. The van der Waals surface area contributed by atoms with Gasteiger partial charge in [-0.2, -0.15) is 5.10 Å². The van der Waals surface area contributed by atoms with Crippen molar-refractivity contribution in [2.45, 2.75) is 57.7 Å². The molecule has 2 aliphatic rings. The van der Waals surface area contributed by atoms with Gasteiger partial charge in [-0.3, -0.25) is 0 Å². The van der Waals surface area contributed by atoms with Crippen molar-refractivity contribution < 1.29 is 4.39 Å². The molecule has 2 atom stereocenters. The maximum atomic E-state index is 15.1. The Morgan fingerprint density at radius 3 is 2.62 bits per heavy atom. The zero-order valence-corrected chi connectivity index (χ0v) is 19.9. The van der Waals surface area contributed by atoms with Gasteiger partial charge in [0.05, 0.1) is 22.3 Å². The van der Waals surface area contributed by atoms with Crippen LogP contribution in [0.25, 0.3) is 27.1 Å². The van der Waals surface area contributed by atoms with Crippen molar-refractivity contribution in [3.63, 3.8) is 0 Å². The number of benzene rings is 1. The molecule has 2 unspecified atom stereocenters. The van der Waals surface area contributed by atoms with E-state index in [-0.39, 0.29) is 18.2 Å². The molecule has 2 saturated heterocycles. The second kappa shape index (κ2) is 7.93. The van der Waals surface area contributed by atoms with Crippen LogP contribution in [0.1, 0.15) is 36.9 Å². The number of thiazole rings is 1. The fourth-order valence-corrected chi connectivity index (χ4v) is 6.21. The number of piperidine rings is 1. The van der Waals surface area contributed by atoms with Crippen LogP contribution in [-0.4, -0.2) is 44.8 Å². The van der Waals surface area contributed by atoms with Crippen molar-refractivity contribution in [2.75, 3.05) is 11.9 Å². The fourth-order valence-electron chi connectivity index (χ4n) is 5.16. The number of halogens is 2. The molecule has 0 spiro atoms. The molecule has 5 heterocycles. The van der Waals surface area contributed by atoms with Crippen LogP contribution in [-0.2, 0) is 0 Å². The standard InChI is InChI=1S/C23H25FN6S.ClH/c1-12-6-19(28-30-11-13(2)25-22(12)30)14-7-18(24)21-20(8-14)31-23(27-21)29(3)17-9-15-4-5-16(10-17)26-15;/h6-8,11,15-17,26H,4-5,9-10H2,1-3H3;1H. The lowest BCUT2D eigenvalue weighted by Crippen LogP contribution is -2.47. The number of nitrogens with one attached hydrogen (secondary N) is 1. The monoisotopic (exact) mass is 472 g/mol. The Morgan fingerprint density at radius 1 is 1.12 bits per heavy atom. The summed E-state index contributed by atoms with van der Waals surface area (Å²) in [6, 6.07) is 7.21. The third kappa shape index (κ3) is 3.54. The predicted octanol–water partition coefficient (Wildman–Crippen LogP) is 4.90. The van der Waals surface area contributed by atoms with Crippen molar-refractivity contribution in [3.05, 3.63) is 41.5 Å². The van der Waals surface area contributed by atoms with Crippen LogP contribution in [0.3, 0.4) is 0 Å². The van der Waals surface area contributed by atoms with Gasteiger partial charge in [0.1, 0.15) is 5.52 Å². The second-order valence-corrected chi connectivity index (χ2v) is 10.0. The van der Waals surface area contributed by atoms with E-state index in [0.29, 0.717) is 23.6 Å². The summed E-state index contributed by atoms with van der Waals surface area (Å²) in [6.07, 6.45) is 6.68. The summed E-state index contributed by atoms with van der Waals surface area (Å²) in [4.78, 5) is 11.4. The number of hydrogen-bond acceptors (Lipinski definition) is 6. The van der Waals surface area contributed by atoms with Gasteiger partial charge in [-0.1, -0.05) is 11.3 Å². The molecule has 6 nitrogen and oxygen atoms in total. The first-order chi connectivity index (χ1) is 14.9. The summed E-state index contributed by atoms with van der Waals surface area (Å²) in [5, 5.41) is 9.25. The fraction of sp³-hybridized carbons (Fsp3) is 0.435. The first kappa shape index (κ1) is 21.6. The third-order valence-corrected chi connectivity index (χ3v) is 7.85. The number of nitrogens with zero attached hydrogens (tertiary/aromatic N) is 5. The minimum Gasteiger partial charge on any atom is -0.348 e. The molecule has 168 valence electrons. The van der Waals surface area contributed by atoms with E-state index >= 15 is 4.39 Å². The lowest BCUT2D eigenvalue weighted by Gasteiger charge is -2.35. The average molecular weight is 473 g/mol. The molecular formula is C23H26ClFN6S. The summed E-state index contributed by atoms with van der Waals surface area (Å²) in [5.74, 6) is -0.296. The number of fused-ring (bicyclic) bond motifs is 4. The molecule has 2 bridgehead atoms. The predicted molar refractivity (Wildman–Crippen MR) is 130 cm³/mol. The Morgan fingerprint density at radius 2 is 1.88 bits per heavy atom. The van der Waals surface area contributed by atoms with Gasteiger partial charge in [0.25, 0.3) is 0 Å². The van der Waals surface area contributed by atoms with Gasteiger partial charge in [0.15, 0.2) is 16.6 Å². The Kier molecular flexibility index (Phi) is 5.34. The van der Waals surface area contributed by atoms with Crippen LogP contribution < -0.4 is 10.2 Å². The number of imidazole rings is 1. The van der Waals surface area contributed by atoms with Crippen molar-refractivity contribution in [1.82, 2.24) is 24.9 Å². The minimum absolute atomic E-state index is 0. The van der Waals surface area contributed by atoms with Gasteiger partial charge in [-0.05, 0) is 63.3 Å². The van der Waals surface area contributed by atoms with E-state index in [0.717, 1.165) is 50.8 Å². The highest BCUT2D eigenvalue weighted by Gasteiger charge is 2.36. The van der Waals surface area contributed by atoms with E-state index in [2.05, 4.69) is 32.3 Å². The Labute approximate surface area is 196 Å². The number of aromatic nitrogens is 4. The quantitative estimate of drug-likeness (QED) is 0.459. The van der Waals surface area contributed by atoms with Gasteiger partial charge in [-0.25, -0.2) is 18.9 Å². The molecule has 2 aliphatic heterocycles. The van der Waals surface area contributed by atoms with E-state index in [4.69, 9.17) is 0 Å². The molecule has 1 N–H and O–H groups in total. The highest BCUT2D eigenvalue weighted by atomic mass is 35.5. The molecule has 32 heavy (non-hydrogen) atoms. The van der Waals surface area contributed by atoms with E-state index in [1.54, 1.807) is 21.9 Å². The van der Waals surface area contributed by atoms with Crippen molar-refractivity contribution >= 4 is 44.7 Å². The summed E-state index contributed by atoms with van der Waals surface area (Å²) in [5.41, 5.74) is 4.71. The summed E-state index contributed by atoms with van der Waals surface area (Å²) < 4.78 is 17.7. The lowest BCUT2D eigenvalue weighted by molar-refractivity contribution is 0.354. The Hall–Kier alpha value is -2.29. The van der Waals surface area contributed by atoms with Crippen LogP contribution in [0.5, 0.6) is 0 Å². The molecule has 0 saturated carbocycles. The topological polar surface area (TPSA) is 58.4 Å². The third-order valence-electron chi connectivity index (χ3n) is 6.76. The number of aryl methyl sites for hydroxylation is 2. The van der Waals surface area contributed by atoms with Crippen molar-refractivity contribution in [1.29, 1.82) is 0 Å². The van der Waals surface area contributed by atoms with Crippen LogP contribution >= 0.6 is 23.7 Å². The number of hydrogen-bond donors (Lipinski definition) is 1. The Balaban J connectivity index is 0.00000216. The maximum Gasteiger partial charge on any atom is 0.186 e. The molecule has 0 radical (unpaired) electrons. The SMILES string of the molecule is Cc1cn2nc(-c3cc(F)c4nc(N(C)C5CC6CCC(C5)N6)sc4c3)cc(C)c2n1.Cl. The van der Waals surface area contributed by atoms with Crippen LogP contribution in [0.2, 0.25) is 0 Å². The minimum atomic E-state index is -0.296. The molecule has 3 aromatic heterocycles. The first-order valence-electron chi connectivity index (χ1n) is 10.9. The van der Waals surface area contributed by atoms with E-state index in [9.17, 15) is 0 Å². The highest BCUT2D eigenvalue weighted by Crippen LogP contribution is 2.37. The van der Waals surface area contributed by atoms with Crippen LogP contribution in [0.4, 0.5) is 9.52 Å². The summed E-state index contributed by atoms with van der Waals surface area (Å²) >= 11 is 1.56. The lowest BCUT2D eigenvalue weighted by atomic mass is 9.99. The largest absolute Gasteiger partial charge is 0.348 e. The van der Waals surface area contributed by atoms with Gasteiger partial charge in [0, 0.05) is 30.7 Å². The van der Waals surface area contributed by atoms with E-state index < -0.39 is 0 Å². The molecule has 0 aliphatic carbocycles. The first-order valence-corrected chi connectivity index (χ1v) is 11.7. The van der Waals surface area contributed by atoms with E-state index in [1.165, 1.54) is 12.8 Å². The highest BCUT2D eigenvalue weighted by molar-refractivity contribution is 7.22. The second-order valence-electron chi connectivity index (χ2n) is 9.04. The summed E-state index contributed by atoms with van der Waals surface area (Å²) in [6.45, 7) is 3.95. The molecule has 2 fully saturated rings. The molecule has 4 aromatic rings. The van der Waals surface area contributed by atoms with E-state index in [1.807, 2.05) is 32.2 Å². The smallest absolute Gasteiger partial charge is 0.186 e. The molecule has 6 rings (SSSR count). The normalized spacial score (nSPS) is 22.4. The molecule has 9 heteroatoms. The van der Waals surface area contributed by atoms with Gasteiger partial charge >= 0.3 is 0 Å². The molecular weight excluding hydrogens is 447 g/mol. The van der Waals surface area contributed by atoms with Crippen molar-refractivity contribution in [2.24, 2.45) is 0 Å².